The van der Waals surface area contributed by atoms with Gasteiger partial charge in [0.05, 0.1) is 5.69 Å². The second-order valence-electron chi connectivity index (χ2n) is 6.11. The van der Waals surface area contributed by atoms with Crippen LogP contribution in [0.3, 0.4) is 0 Å². The maximum atomic E-state index is 5.86. The van der Waals surface area contributed by atoms with Gasteiger partial charge in [0, 0.05) is 10.4 Å². The van der Waals surface area contributed by atoms with Crippen LogP contribution in [0, 0.1) is 5.92 Å². The molecule has 2 aromatic carbocycles. The summed E-state index contributed by atoms with van der Waals surface area (Å²) in [6, 6.07) is 18.0. The predicted molar refractivity (Wildman–Crippen MR) is 105 cm³/mol. The summed E-state index contributed by atoms with van der Waals surface area (Å²) < 4.78 is 6.80. The molecule has 0 amide bonds. The molecular formula is C20H20BrNOS. The van der Waals surface area contributed by atoms with E-state index in [2.05, 4.69) is 46.9 Å². The molecule has 0 saturated carbocycles. The topological polar surface area (TPSA) is 22.1 Å². The summed E-state index contributed by atoms with van der Waals surface area (Å²) in [5.74, 6) is 2.38. The molecule has 0 aliphatic heterocycles. The van der Waals surface area contributed by atoms with Crippen LogP contribution in [-0.2, 0) is 6.42 Å². The predicted octanol–water partition coefficient (Wildman–Crippen LogP) is 6.95. The summed E-state index contributed by atoms with van der Waals surface area (Å²) in [7, 11) is 0. The van der Waals surface area contributed by atoms with Gasteiger partial charge in [0.2, 0.25) is 0 Å². The third-order valence-corrected chi connectivity index (χ3v) is 5.29. The van der Waals surface area contributed by atoms with Gasteiger partial charge in [0.15, 0.2) is 3.92 Å². The Hall–Kier alpha value is -1.65. The lowest BCUT2D eigenvalue weighted by atomic mass is 10.0. The van der Waals surface area contributed by atoms with E-state index in [1.54, 1.807) is 11.3 Å². The second-order valence-corrected chi connectivity index (χ2v) is 8.47. The minimum Gasteiger partial charge on any atom is -0.457 e. The fraction of sp³-hybridized carbons (Fsp3) is 0.250. The van der Waals surface area contributed by atoms with Crippen LogP contribution >= 0.6 is 27.3 Å². The van der Waals surface area contributed by atoms with E-state index in [9.17, 15) is 0 Å². The van der Waals surface area contributed by atoms with Gasteiger partial charge in [0.1, 0.15) is 11.5 Å². The molecule has 0 radical (unpaired) electrons. The zero-order valence-electron chi connectivity index (χ0n) is 13.8. The third kappa shape index (κ3) is 4.46. The van der Waals surface area contributed by atoms with E-state index in [0.29, 0.717) is 5.92 Å². The van der Waals surface area contributed by atoms with Gasteiger partial charge in [-0.15, -0.1) is 11.3 Å². The molecule has 3 rings (SSSR count). The Kier molecular flexibility index (Phi) is 5.69. The van der Waals surface area contributed by atoms with Gasteiger partial charge in [-0.2, -0.15) is 0 Å². The maximum absolute atomic E-state index is 5.86. The standard InChI is InChI=1S/C20H20BrNOS/c1-14(2)8-13-18-19(22-20(21)24-18)15-9-11-17(12-10-15)23-16-6-4-3-5-7-16/h3-7,9-12,14H,8,13H2,1-2H3. The number of rotatable bonds is 6. The molecule has 0 saturated heterocycles. The molecule has 0 aliphatic rings. The molecule has 124 valence electrons. The maximum Gasteiger partial charge on any atom is 0.160 e. The van der Waals surface area contributed by atoms with Crippen LogP contribution in [0.4, 0.5) is 0 Å². The number of aryl methyl sites for hydroxylation is 1. The first-order chi connectivity index (χ1) is 11.6. The first-order valence-electron chi connectivity index (χ1n) is 8.10. The zero-order chi connectivity index (χ0) is 16.9. The average Bonchev–Trinajstić information content (AvgIpc) is 2.95. The van der Waals surface area contributed by atoms with E-state index >= 15 is 0 Å². The number of halogens is 1. The van der Waals surface area contributed by atoms with E-state index in [4.69, 9.17) is 4.74 Å². The molecule has 0 bridgehead atoms. The average molecular weight is 402 g/mol. The van der Waals surface area contributed by atoms with Crippen molar-refractivity contribution in [2.45, 2.75) is 26.7 Å². The second kappa shape index (κ2) is 7.95. The number of hydrogen-bond donors (Lipinski definition) is 0. The molecule has 0 N–H and O–H groups in total. The van der Waals surface area contributed by atoms with Crippen molar-refractivity contribution in [3.05, 3.63) is 63.4 Å². The van der Waals surface area contributed by atoms with Crippen LogP contribution in [-0.4, -0.2) is 4.98 Å². The number of ether oxygens (including phenoxy) is 1. The minimum absolute atomic E-state index is 0.695. The Morgan fingerprint density at radius 1 is 1.00 bits per heavy atom. The minimum atomic E-state index is 0.695. The number of benzene rings is 2. The third-order valence-electron chi connectivity index (χ3n) is 3.73. The molecule has 1 aromatic heterocycles. The van der Waals surface area contributed by atoms with Crippen LogP contribution in [0.2, 0.25) is 0 Å². The van der Waals surface area contributed by atoms with Crippen LogP contribution in [0.15, 0.2) is 58.5 Å². The quantitative estimate of drug-likeness (QED) is 0.445. The number of hydrogen-bond acceptors (Lipinski definition) is 3. The molecule has 0 fully saturated rings. The van der Waals surface area contributed by atoms with Crippen LogP contribution in [0.1, 0.15) is 25.1 Å². The Morgan fingerprint density at radius 2 is 1.67 bits per heavy atom. The van der Waals surface area contributed by atoms with Gasteiger partial charge in [-0.25, -0.2) is 4.98 Å². The van der Waals surface area contributed by atoms with Crippen molar-refractivity contribution < 1.29 is 4.74 Å². The van der Waals surface area contributed by atoms with Crippen LogP contribution in [0.25, 0.3) is 11.3 Å². The highest BCUT2D eigenvalue weighted by atomic mass is 79.9. The van der Waals surface area contributed by atoms with Crippen LogP contribution < -0.4 is 4.74 Å². The summed E-state index contributed by atoms with van der Waals surface area (Å²) in [4.78, 5) is 6.01. The molecule has 4 heteroatoms. The van der Waals surface area contributed by atoms with Crippen molar-refractivity contribution >= 4 is 27.3 Å². The van der Waals surface area contributed by atoms with Crippen molar-refractivity contribution in [3.63, 3.8) is 0 Å². The van der Waals surface area contributed by atoms with E-state index < -0.39 is 0 Å². The summed E-state index contributed by atoms with van der Waals surface area (Å²) in [6.07, 6.45) is 2.25. The summed E-state index contributed by atoms with van der Waals surface area (Å²) in [5, 5.41) is 0. The lowest BCUT2D eigenvalue weighted by Crippen LogP contribution is -1.92. The smallest absolute Gasteiger partial charge is 0.160 e. The van der Waals surface area contributed by atoms with Gasteiger partial charge in [0.25, 0.3) is 0 Å². The Balaban J connectivity index is 1.78. The first kappa shape index (κ1) is 17.2. The van der Waals surface area contributed by atoms with Gasteiger partial charge in [-0.3, -0.25) is 0 Å². The highest BCUT2D eigenvalue weighted by Crippen LogP contribution is 2.34. The molecule has 0 spiro atoms. The van der Waals surface area contributed by atoms with Crippen molar-refractivity contribution in [3.8, 4) is 22.8 Å². The van der Waals surface area contributed by atoms with Crippen molar-refractivity contribution in [1.29, 1.82) is 0 Å². The molecule has 0 unspecified atom stereocenters. The normalized spacial score (nSPS) is 11.0. The summed E-state index contributed by atoms with van der Waals surface area (Å²) in [6.45, 7) is 4.51. The lowest BCUT2D eigenvalue weighted by Gasteiger charge is -2.07. The van der Waals surface area contributed by atoms with Crippen molar-refractivity contribution in [2.75, 3.05) is 0 Å². The monoisotopic (exact) mass is 401 g/mol. The lowest BCUT2D eigenvalue weighted by molar-refractivity contribution is 0.483. The molecule has 1 heterocycles. The Labute approximate surface area is 155 Å². The number of thiazole rings is 1. The molecule has 0 atom stereocenters. The molecule has 3 aromatic rings. The molecular weight excluding hydrogens is 382 g/mol. The molecule has 24 heavy (non-hydrogen) atoms. The highest BCUT2D eigenvalue weighted by molar-refractivity contribution is 9.11. The van der Waals surface area contributed by atoms with Gasteiger partial charge in [-0.05, 0) is 71.1 Å². The van der Waals surface area contributed by atoms with E-state index in [1.807, 2.05) is 42.5 Å². The Morgan fingerprint density at radius 3 is 2.33 bits per heavy atom. The van der Waals surface area contributed by atoms with Gasteiger partial charge >= 0.3 is 0 Å². The highest BCUT2D eigenvalue weighted by Gasteiger charge is 2.12. The van der Waals surface area contributed by atoms with Crippen LogP contribution in [0.5, 0.6) is 11.5 Å². The van der Waals surface area contributed by atoms with E-state index in [1.165, 1.54) is 11.3 Å². The van der Waals surface area contributed by atoms with Crippen molar-refractivity contribution in [1.82, 2.24) is 4.98 Å². The summed E-state index contributed by atoms with van der Waals surface area (Å²) in [5.41, 5.74) is 2.22. The van der Waals surface area contributed by atoms with E-state index in [-0.39, 0.29) is 0 Å². The first-order valence-corrected chi connectivity index (χ1v) is 9.71. The Bertz CT molecular complexity index is 781. The molecule has 0 aliphatic carbocycles. The fourth-order valence-corrected chi connectivity index (χ4v) is 4.03. The largest absolute Gasteiger partial charge is 0.457 e. The van der Waals surface area contributed by atoms with Gasteiger partial charge < -0.3 is 4.74 Å². The number of nitrogens with zero attached hydrogens (tertiary/aromatic N) is 1. The van der Waals surface area contributed by atoms with E-state index in [0.717, 1.165) is 33.1 Å². The number of aromatic nitrogens is 1. The zero-order valence-corrected chi connectivity index (χ0v) is 16.2. The SMILES string of the molecule is CC(C)CCc1sc(Br)nc1-c1ccc(Oc2ccccc2)cc1. The number of para-hydroxylation sites is 1. The summed E-state index contributed by atoms with van der Waals surface area (Å²) >= 11 is 5.26. The van der Waals surface area contributed by atoms with Crippen molar-refractivity contribution in [2.24, 2.45) is 5.92 Å². The fourth-order valence-electron chi connectivity index (χ4n) is 2.44. The molecule has 2 nitrogen and oxygen atoms in total. The van der Waals surface area contributed by atoms with Gasteiger partial charge in [-0.1, -0.05) is 32.0 Å².